The number of urea groups is 1. The highest BCUT2D eigenvalue weighted by molar-refractivity contribution is 5.89. The number of piperidine rings is 1. The number of anilines is 2. The lowest BCUT2D eigenvalue weighted by atomic mass is 10.1. The van der Waals surface area contributed by atoms with Crippen LogP contribution in [0, 0.1) is 0 Å². The minimum Gasteiger partial charge on any atom is -0.356 e. The smallest absolute Gasteiger partial charge is 0.319 e. The number of carbonyl (C=O) groups excluding carboxylic acids is 2. The van der Waals surface area contributed by atoms with E-state index in [0.717, 1.165) is 56.0 Å². The van der Waals surface area contributed by atoms with E-state index in [-0.39, 0.29) is 18.0 Å². The van der Waals surface area contributed by atoms with E-state index in [4.69, 9.17) is 0 Å². The van der Waals surface area contributed by atoms with Crippen molar-refractivity contribution in [3.05, 3.63) is 54.2 Å². The van der Waals surface area contributed by atoms with E-state index in [1.165, 1.54) is 0 Å². The zero-order valence-electron chi connectivity index (χ0n) is 16.5. The maximum Gasteiger partial charge on any atom is 0.319 e. The molecule has 2 aliphatic rings. The monoisotopic (exact) mass is 393 g/mol. The molecular formula is C22H27N5O2. The van der Waals surface area contributed by atoms with Gasteiger partial charge in [-0.25, -0.2) is 9.78 Å². The molecule has 152 valence electrons. The second-order valence-electron chi connectivity index (χ2n) is 7.66. The Kier molecular flexibility index (Phi) is 5.93. The molecule has 7 heteroatoms. The van der Waals surface area contributed by atoms with Crippen LogP contribution in [0.25, 0.3) is 0 Å². The molecule has 0 bridgehead atoms. The molecule has 2 saturated heterocycles. The third-order valence-electron chi connectivity index (χ3n) is 5.56. The van der Waals surface area contributed by atoms with Gasteiger partial charge in [-0.1, -0.05) is 18.2 Å². The lowest BCUT2D eigenvalue weighted by Crippen LogP contribution is -2.46. The van der Waals surface area contributed by atoms with Crippen molar-refractivity contribution < 1.29 is 9.59 Å². The Bertz CT molecular complexity index is 832. The normalized spacial score (nSPS) is 17.4. The van der Waals surface area contributed by atoms with Crippen molar-refractivity contribution >= 4 is 23.4 Å². The first-order valence-corrected chi connectivity index (χ1v) is 10.3. The molecule has 0 unspecified atom stereocenters. The van der Waals surface area contributed by atoms with Gasteiger partial charge < -0.3 is 20.4 Å². The Morgan fingerprint density at radius 3 is 2.52 bits per heavy atom. The number of nitrogens with zero attached hydrogens (tertiary/aromatic N) is 3. The molecule has 1 aromatic carbocycles. The van der Waals surface area contributed by atoms with Crippen LogP contribution in [0.4, 0.5) is 16.3 Å². The quantitative estimate of drug-likeness (QED) is 0.819. The fourth-order valence-corrected chi connectivity index (χ4v) is 3.93. The van der Waals surface area contributed by atoms with E-state index < -0.39 is 0 Å². The van der Waals surface area contributed by atoms with Gasteiger partial charge in [0, 0.05) is 50.5 Å². The first-order chi connectivity index (χ1) is 14.2. The molecule has 0 aliphatic carbocycles. The van der Waals surface area contributed by atoms with Crippen molar-refractivity contribution in [2.75, 3.05) is 29.9 Å². The Labute approximate surface area is 171 Å². The van der Waals surface area contributed by atoms with Gasteiger partial charge in [0.15, 0.2) is 0 Å². The minimum atomic E-state index is -0.177. The van der Waals surface area contributed by atoms with Crippen LogP contribution in [-0.4, -0.2) is 47.5 Å². The summed E-state index contributed by atoms with van der Waals surface area (Å²) in [6.45, 7) is 3.23. The number of nitrogens with one attached hydrogen (secondary N) is 2. The molecular weight excluding hydrogens is 366 g/mol. The van der Waals surface area contributed by atoms with E-state index in [9.17, 15) is 9.59 Å². The van der Waals surface area contributed by atoms with Gasteiger partial charge in [0.25, 0.3) is 0 Å². The molecule has 3 heterocycles. The number of amides is 3. The Balaban J connectivity index is 1.22. The van der Waals surface area contributed by atoms with Gasteiger partial charge >= 0.3 is 6.03 Å². The highest BCUT2D eigenvalue weighted by Crippen LogP contribution is 2.18. The number of rotatable bonds is 5. The van der Waals surface area contributed by atoms with E-state index in [1.807, 2.05) is 47.4 Å². The zero-order valence-corrected chi connectivity index (χ0v) is 16.5. The van der Waals surface area contributed by atoms with E-state index in [0.29, 0.717) is 13.0 Å². The number of benzene rings is 1. The summed E-state index contributed by atoms with van der Waals surface area (Å²) in [4.78, 5) is 32.6. The molecule has 0 atom stereocenters. The van der Waals surface area contributed by atoms with Gasteiger partial charge in [0.2, 0.25) is 5.91 Å². The van der Waals surface area contributed by atoms with E-state index in [2.05, 4.69) is 20.5 Å². The van der Waals surface area contributed by atoms with Gasteiger partial charge in [-0.2, -0.15) is 0 Å². The lowest BCUT2D eigenvalue weighted by molar-refractivity contribution is -0.128. The second-order valence-corrected chi connectivity index (χ2v) is 7.66. The van der Waals surface area contributed by atoms with Crippen LogP contribution >= 0.6 is 0 Å². The molecule has 3 amide bonds. The summed E-state index contributed by atoms with van der Waals surface area (Å²) in [6.07, 6.45) is 5.20. The molecule has 0 radical (unpaired) electrons. The fourth-order valence-electron chi connectivity index (χ4n) is 3.93. The topological polar surface area (TPSA) is 77.6 Å². The number of hydrogen-bond acceptors (Lipinski definition) is 4. The number of aromatic nitrogens is 1. The van der Waals surface area contributed by atoms with Gasteiger partial charge in [0.05, 0.1) is 0 Å². The average molecular weight is 393 g/mol. The van der Waals surface area contributed by atoms with Crippen molar-refractivity contribution in [3.8, 4) is 0 Å². The maximum absolute atomic E-state index is 12.3. The maximum atomic E-state index is 12.3. The van der Waals surface area contributed by atoms with Crippen LogP contribution in [0.3, 0.4) is 0 Å². The molecule has 4 rings (SSSR count). The standard InChI is InChI=1S/C22H27N5O2/c28-21-5-3-13-27(21)16-17-6-8-18(9-7-17)24-22(29)25-19-10-14-26(15-11-19)20-4-1-2-12-23-20/h1-2,4,6-9,12,19H,3,5,10-11,13-16H2,(H2,24,25,29). The highest BCUT2D eigenvalue weighted by atomic mass is 16.2. The first-order valence-electron chi connectivity index (χ1n) is 10.3. The van der Waals surface area contributed by atoms with Crippen LogP contribution in [0.2, 0.25) is 0 Å². The van der Waals surface area contributed by atoms with Crippen molar-refractivity contribution in [3.63, 3.8) is 0 Å². The number of pyridine rings is 1. The van der Waals surface area contributed by atoms with Gasteiger partial charge in [0.1, 0.15) is 5.82 Å². The first kappa shape index (κ1) is 19.2. The van der Waals surface area contributed by atoms with Gasteiger partial charge in [-0.3, -0.25) is 4.79 Å². The predicted molar refractivity (Wildman–Crippen MR) is 113 cm³/mol. The van der Waals surface area contributed by atoms with Crippen LogP contribution in [0.15, 0.2) is 48.7 Å². The van der Waals surface area contributed by atoms with Crippen molar-refractivity contribution in [1.82, 2.24) is 15.2 Å². The Morgan fingerprint density at radius 1 is 1.07 bits per heavy atom. The fraction of sp³-hybridized carbons (Fsp3) is 0.409. The predicted octanol–water partition coefficient (Wildman–Crippen LogP) is 2.99. The lowest BCUT2D eigenvalue weighted by Gasteiger charge is -2.33. The van der Waals surface area contributed by atoms with Crippen LogP contribution in [0.1, 0.15) is 31.2 Å². The van der Waals surface area contributed by atoms with Gasteiger partial charge in [-0.05, 0) is 49.1 Å². The van der Waals surface area contributed by atoms with Crippen molar-refractivity contribution in [1.29, 1.82) is 0 Å². The molecule has 1 aromatic heterocycles. The van der Waals surface area contributed by atoms with Crippen LogP contribution < -0.4 is 15.5 Å². The summed E-state index contributed by atoms with van der Waals surface area (Å²) in [5, 5.41) is 5.97. The summed E-state index contributed by atoms with van der Waals surface area (Å²) in [7, 11) is 0. The van der Waals surface area contributed by atoms with Crippen LogP contribution in [0.5, 0.6) is 0 Å². The minimum absolute atomic E-state index is 0.162. The second kappa shape index (κ2) is 8.94. The summed E-state index contributed by atoms with van der Waals surface area (Å²) in [5.41, 5.74) is 1.83. The number of carbonyl (C=O) groups is 2. The molecule has 2 aromatic rings. The summed E-state index contributed by atoms with van der Waals surface area (Å²) in [5.74, 6) is 1.21. The average Bonchev–Trinajstić information content (AvgIpc) is 3.15. The molecule has 7 nitrogen and oxygen atoms in total. The molecule has 2 N–H and O–H groups in total. The zero-order chi connectivity index (χ0) is 20.1. The summed E-state index contributed by atoms with van der Waals surface area (Å²) < 4.78 is 0. The van der Waals surface area contributed by atoms with Crippen molar-refractivity contribution in [2.24, 2.45) is 0 Å². The molecule has 0 saturated carbocycles. The number of hydrogen-bond donors (Lipinski definition) is 2. The highest BCUT2D eigenvalue weighted by Gasteiger charge is 2.22. The molecule has 29 heavy (non-hydrogen) atoms. The Hall–Kier alpha value is -3.09. The third kappa shape index (κ3) is 5.04. The van der Waals surface area contributed by atoms with E-state index in [1.54, 1.807) is 6.20 Å². The van der Waals surface area contributed by atoms with E-state index >= 15 is 0 Å². The number of likely N-dealkylation sites (tertiary alicyclic amines) is 1. The molecule has 0 spiro atoms. The summed E-state index contributed by atoms with van der Waals surface area (Å²) >= 11 is 0. The third-order valence-corrected chi connectivity index (χ3v) is 5.56. The molecule has 2 fully saturated rings. The van der Waals surface area contributed by atoms with Crippen LogP contribution in [-0.2, 0) is 11.3 Å². The van der Waals surface area contributed by atoms with Gasteiger partial charge in [-0.15, -0.1) is 0 Å². The Morgan fingerprint density at radius 2 is 1.86 bits per heavy atom. The summed E-state index contributed by atoms with van der Waals surface area (Å²) in [6, 6.07) is 13.6. The SMILES string of the molecule is O=C(Nc1ccc(CN2CCCC2=O)cc1)NC1CCN(c2ccccn2)CC1. The van der Waals surface area contributed by atoms with Crippen molar-refractivity contribution in [2.45, 2.75) is 38.3 Å². The molecule has 2 aliphatic heterocycles. The largest absolute Gasteiger partial charge is 0.356 e.